The van der Waals surface area contributed by atoms with Gasteiger partial charge in [0.05, 0.1) is 30.7 Å². The number of pyridine rings is 1. The molecule has 5 N–H and O–H groups in total. The second-order valence-corrected chi connectivity index (χ2v) is 16.1. The number of aromatic nitrogens is 3. The summed E-state index contributed by atoms with van der Waals surface area (Å²) in [6, 6.07) is 19.7. The first kappa shape index (κ1) is 43.3. The average molecular weight is 796 g/mol. The van der Waals surface area contributed by atoms with Crippen LogP contribution in [-0.4, -0.2) is 107 Å². The number of urea groups is 1. The van der Waals surface area contributed by atoms with Crippen molar-refractivity contribution >= 4 is 23.9 Å². The lowest BCUT2D eigenvalue weighted by atomic mass is 9.86. The normalized spacial score (nSPS) is 15.8. The number of hydrazine groups is 1. The van der Waals surface area contributed by atoms with Crippen LogP contribution >= 0.6 is 0 Å². The fraction of sp³-hybridized carbons (Fsp3) is 0.442. The van der Waals surface area contributed by atoms with E-state index in [4.69, 9.17) is 0 Å². The van der Waals surface area contributed by atoms with Crippen molar-refractivity contribution in [1.29, 1.82) is 0 Å². The molecule has 3 heterocycles. The van der Waals surface area contributed by atoms with Crippen molar-refractivity contribution in [3.8, 4) is 5.69 Å². The maximum absolute atomic E-state index is 14.5. The van der Waals surface area contributed by atoms with Gasteiger partial charge < -0.3 is 35.2 Å². The molecule has 1 aliphatic rings. The maximum Gasteiger partial charge on any atom is 0.405 e. The largest absolute Gasteiger partial charge is 0.465 e. The van der Waals surface area contributed by atoms with Gasteiger partial charge in [0, 0.05) is 50.0 Å². The summed E-state index contributed by atoms with van der Waals surface area (Å²) in [5, 5.41) is 28.7. The van der Waals surface area contributed by atoms with Crippen LogP contribution < -0.4 is 16.1 Å². The van der Waals surface area contributed by atoms with E-state index in [9.17, 15) is 29.4 Å². The molecule has 58 heavy (non-hydrogen) atoms. The number of aliphatic hydroxyl groups is 1. The zero-order valence-corrected chi connectivity index (χ0v) is 34.2. The number of benzene rings is 2. The number of hydrogen-bond donors (Lipinski definition) is 5. The Kier molecular flexibility index (Phi) is 14.6. The highest BCUT2D eigenvalue weighted by atomic mass is 16.4. The van der Waals surface area contributed by atoms with Gasteiger partial charge in [-0.15, -0.1) is 0 Å². The van der Waals surface area contributed by atoms with Gasteiger partial charge >= 0.3 is 12.1 Å². The molecule has 5 atom stereocenters. The van der Waals surface area contributed by atoms with E-state index >= 15 is 0 Å². The molecule has 1 aliphatic heterocycles. The molecular formula is C43H57N9O6. The predicted molar refractivity (Wildman–Crippen MR) is 219 cm³/mol. The number of hydrogen-bond acceptors (Lipinski definition) is 8. The first-order chi connectivity index (χ1) is 27.6. The highest BCUT2D eigenvalue weighted by Crippen LogP contribution is 2.24. The fourth-order valence-corrected chi connectivity index (χ4v) is 7.17. The van der Waals surface area contributed by atoms with Gasteiger partial charge in [-0.05, 0) is 60.1 Å². The number of aliphatic hydroxyl groups excluding tert-OH is 1. The molecule has 1 fully saturated rings. The highest BCUT2D eigenvalue weighted by Gasteiger charge is 2.41. The highest BCUT2D eigenvalue weighted by molar-refractivity contribution is 5.88. The molecular weight excluding hydrogens is 739 g/mol. The van der Waals surface area contributed by atoms with E-state index in [2.05, 4.69) is 26.0 Å². The van der Waals surface area contributed by atoms with Crippen molar-refractivity contribution in [2.45, 2.75) is 91.7 Å². The minimum atomic E-state index is -1.34. The summed E-state index contributed by atoms with van der Waals surface area (Å²) in [4.78, 5) is 65.9. The van der Waals surface area contributed by atoms with Gasteiger partial charge in [-0.25, -0.2) is 19.6 Å². The molecule has 2 aromatic carbocycles. The fourth-order valence-electron chi connectivity index (χ4n) is 7.17. The van der Waals surface area contributed by atoms with Gasteiger partial charge in [0.1, 0.15) is 12.1 Å². The Morgan fingerprint density at radius 3 is 2.28 bits per heavy atom. The monoisotopic (exact) mass is 795 g/mol. The molecule has 1 saturated heterocycles. The van der Waals surface area contributed by atoms with Crippen LogP contribution in [0.3, 0.4) is 0 Å². The molecule has 15 heteroatoms. The predicted octanol–water partition coefficient (Wildman–Crippen LogP) is 4.53. The topological polar surface area (TPSA) is 185 Å². The zero-order valence-electron chi connectivity index (χ0n) is 34.2. The summed E-state index contributed by atoms with van der Waals surface area (Å²) in [6.07, 6.45) is 3.51. The molecule has 0 saturated carbocycles. The lowest BCUT2D eigenvalue weighted by Crippen LogP contribution is -2.60. The van der Waals surface area contributed by atoms with Crippen LogP contribution in [0.25, 0.3) is 5.69 Å². The summed E-state index contributed by atoms with van der Waals surface area (Å²) in [7, 11) is 0. The SMILES string of the molecule is CCC(C)C(C(=O)NC(Cc1ccccc1)C(O)CN(Cc1ccc(-n2ccnc2)cc1)NC(=O)C(NC(=O)O)C(C)(C)C)N1CCN(Cc2cccc(C)n2)C1=O. The quantitative estimate of drug-likeness (QED) is 0.0903. The number of carbonyl (C=O) groups excluding carboxylic acids is 3. The molecule has 0 aliphatic carbocycles. The zero-order chi connectivity index (χ0) is 42.0. The third kappa shape index (κ3) is 11.6. The number of carboxylic acid groups (broad SMARTS) is 1. The summed E-state index contributed by atoms with van der Waals surface area (Å²) >= 11 is 0. The van der Waals surface area contributed by atoms with Crippen molar-refractivity contribution in [3.05, 3.63) is 114 Å². The van der Waals surface area contributed by atoms with Gasteiger partial charge in [0.2, 0.25) is 5.91 Å². The molecule has 0 bridgehead atoms. The van der Waals surface area contributed by atoms with Gasteiger partial charge in [-0.2, -0.15) is 0 Å². The smallest absolute Gasteiger partial charge is 0.405 e. The Balaban J connectivity index is 1.40. The van der Waals surface area contributed by atoms with Crippen LogP contribution in [0.2, 0.25) is 0 Å². The minimum Gasteiger partial charge on any atom is -0.465 e. The van der Waals surface area contributed by atoms with Crippen LogP contribution in [0, 0.1) is 18.3 Å². The molecule has 15 nitrogen and oxygen atoms in total. The van der Waals surface area contributed by atoms with E-state index in [1.165, 1.54) is 0 Å². The number of imidazole rings is 1. The van der Waals surface area contributed by atoms with Crippen molar-refractivity contribution < 1.29 is 29.4 Å². The van der Waals surface area contributed by atoms with E-state index in [0.717, 1.165) is 28.2 Å². The van der Waals surface area contributed by atoms with Crippen LogP contribution in [0.4, 0.5) is 9.59 Å². The Morgan fingerprint density at radius 1 is 0.931 bits per heavy atom. The van der Waals surface area contributed by atoms with Crippen molar-refractivity contribution in [3.63, 3.8) is 0 Å². The van der Waals surface area contributed by atoms with E-state index < -0.39 is 41.6 Å². The van der Waals surface area contributed by atoms with Crippen LogP contribution in [-0.2, 0) is 29.1 Å². The van der Waals surface area contributed by atoms with Gasteiger partial charge in [0.25, 0.3) is 5.91 Å². The summed E-state index contributed by atoms with van der Waals surface area (Å²) < 4.78 is 1.86. The van der Waals surface area contributed by atoms with E-state index in [1.54, 1.807) is 48.1 Å². The van der Waals surface area contributed by atoms with Gasteiger partial charge in [-0.1, -0.05) is 89.6 Å². The lowest BCUT2D eigenvalue weighted by molar-refractivity contribution is -0.132. The second-order valence-electron chi connectivity index (χ2n) is 16.1. The van der Waals surface area contributed by atoms with E-state index in [-0.39, 0.29) is 37.4 Å². The van der Waals surface area contributed by atoms with Crippen LogP contribution in [0.15, 0.2) is 91.5 Å². The number of aryl methyl sites for hydroxylation is 1. The van der Waals surface area contributed by atoms with Crippen molar-refractivity contribution in [2.75, 3.05) is 19.6 Å². The molecule has 0 radical (unpaired) electrons. The van der Waals surface area contributed by atoms with Crippen LogP contribution in [0.5, 0.6) is 0 Å². The molecule has 0 spiro atoms. The Labute approximate surface area is 340 Å². The number of nitrogens with one attached hydrogen (secondary N) is 3. The minimum absolute atomic E-state index is 0.134. The first-order valence-corrected chi connectivity index (χ1v) is 19.8. The Bertz CT molecular complexity index is 1970. The van der Waals surface area contributed by atoms with Gasteiger partial charge in [0.15, 0.2) is 0 Å². The lowest BCUT2D eigenvalue weighted by Gasteiger charge is -2.36. The van der Waals surface area contributed by atoms with Gasteiger partial charge in [-0.3, -0.25) is 20.0 Å². The standard InChI is InChI=1S/C43H57N9O6/c1-7-29(2)37(52-23-22-49(42(52)58)26-33-15-11-12-30(3)45-33)39(54)46-35(24-31-13-9-8-10-14-31)36(53)27-51(48-40(55)38(43(4,5)6)47-41(56)57)25-32-16-18-34(19-17-32)50-21-20-44-28-50/h8-21,28-29,35-38,47,53H,7,22-27H2,1-6H3,(H,46,54)(H,48,55)(H,56,57). The summed E-state index contributed by atoms with van der Waals surface area (Å²) in [6.45, 7) is 12.2. The number of nitrogens with zero attached hydrogens (tertiary/aromatic N) is 6. The van der Waals surface area contributed by atoms with Crippen molar-refractivity contribution in [1.82, 2.24) is 45.4 Å². The summed E-state index contributed by atoms with van der Waals surface area (Å²) in [5.41, 5.74) is 6.25. The van der Waals surface area contributed by atoms with E-state index in [0.29, 0.717) is 26.1 Å². The third-order valence-corrected chi connectivity index (χ3v) is 10.5. The first-order valence-electron chi connectivity index (χ1n) is 19.8. The molecule has 5 amide bonds. The molecule has 4 aromatic rings. The number of amides is 5. The number of rotatable bonds is 18. The molecule has 5 unspecified atom stereocenters. The molecule has 310 valence electrons. The van der Waals surface area contributed by atoms with E-state index in [1.807, 2.05) is 104 Å². The second kappa shape index (κ2) is 19.6. The van der Waals surface area contributed by atoms with Crippen LogP contribution in [0.1, 0.15) is 63.6 Å². The third-order valence-electron chi connectivity index (χ3n) is 10.5. The molecule has 5 rings (SSSR count). The maximum atomic E-state index is 14.5. The Morgan fingerprint density at radius 2 is 1.66 bits per heavy atom. The average Bonchev–Trinajstić information content (AvgIpc) is 3.84. The summed E-state index contributed by atoms with van der Waals surface area (Å²) in [5.74, 6) is -1.19. The van der Waals surface area contributed by atoms with Crippen molar-refractivity contribution in [2.24, 2.45) is 11.3 Å². The molecule has 2 aromatic heterocycles. The Hall–Kier alpha value is -5.80. The number of carbonyl (C=O) groups is 4.